The fraction of sp³-hybridized carbons (Fsp3) is 0.182. The van der Waals surface area contributed by atoms with Gasteiger partial charge in [-0.1, -0.05) is 43.0 Å². The van der Waals surface area contributed by atoms with Crippen LogP contribution >= 0.6 is 11.8 Å². The summed E-state index contributed by atoms with van der Waals surface area (Å²) in [4.78, 5) is 18.8. The molecule has 1 aromatic heterocycles. The van der Waals surface area contributed by atoms with Gasteiger partial charge in [0.25, 0.3) is 5.91 Å². The zero-order valence-electron chi connectivity index (χ0n) is 15.5. The summed E-state index contributed by atoms with van der Waals surface area (Å²) >= 11 is 1.73. The summed E-state index contributed by atoms with van der Waals surface area (Å²) in [5.74, 6) is 0.0443. The first-order valence-electron chi connectivity index (χ1n) is 8.92. The highest BCUT2D eigenvalue weighted by molar-refractivity contribution is 7.99. The molecular weight excluding hydrogens is 354 g/mol. The van der Waals surface area contributed by atoms with Crippen LogP contribution in [0.1, 0.15) is 34.1 Å². The van der Waals surface area contributed by atoms with E-state index in [4.69, 9.17) is 5.73 Å². The van der Waals surface area contributed by atoms with E-state index in [1.54, 1.807) is 23.9 Å². The number of nitrogens with zero attached hydrogens (tertiary/aromatic N) is 1. The summed E-state index contributed by atoms with van der Waals surface area (Å²) in [7, 11) is 0. The molecule has 0 saturated carbocycles. The number of aromatic nitrogens is 1. The van der Waals surface area contributed by atoms with Gasteiger partial charge in [0.15, 0.2) is 0 Å². The van der Waals surface area contributed by atoms with Gasteiger partial charge in [0.2, 0.25) is 0 Å². The third-order valence-corrected chi connectivity index (χ3v) is 5.27. The van der Waals surface area contributed by atoms with Gasteiger partial charge in [0.1, 0.15) is 5.82 Å². The zero-order chi connectivity index (χ0) is 19.2. The summed E-state index contributed by atoms with van der Waals surface area (Å²) in [6, 6.07) is 20.3. The summed E-state index contributed by atoms with van der Waals surface area (Å²) in [6.45, 7) is 4.45. The Morgan fingerprint density at radius 2 is 1.56 bits per heavy atom. The van der Waals surface area contributed by atoms with Gasteiger partial charge >= 0.3 is 0 Å². The van der Waals surface area contributed by atoms with Crippen molar-refractivity contribution < 1.29 is 4.79 Å². The first kappa shape index (κ1) is 19.0. The molecule has 0 spiro atoms. The van der Waals surface area contributed by atoms with Gasteiger partial charge in [-0.25, -0.2) is 4.98 Å². The van der Waals surface area contributed by atoms with E-state index in [0.29, 0.717) is 12.1 Å². The van der Waals surface area contributed by atoms with E-state index in [1.165, 1.54) is 15.4 Å². The molecule has 5 heteroatoms. The Morgan fingerprint density at radius 3 is 2.11 bits per heavy atom. The van der Waals surface area contributed by atoms with Gasteiger partial charge in [-0.05, 0) is 60.9 Å². The molecule has 3 N–H and O–H groups in total. The van der Waals surface area contributed by atoms with Crippen molar-refractivity contribution in [3.8, 4) is 0 Å². The van der Waals surface area contributed by atoms with E-state index in [1.807, 2.05) is 19.1 Å². The second kappa shape index (κ2) is 8.73. The van der Waals surface area contributed by atoms with Gasteiger partial charge in [0.05, 0.1) is 5.56 Å². The molecular formula is C22H23N3OS. The number of anilines is 1. The number of hydrogen-bond donors (Lipinski definition) is 2. The molecule has 3 aromatic rings. The third-order valence-electron chi connectivity index (χ3n) is 4.25. The van der Waals surface area contributed by atoms with Crippen LogP contribution in [0.5, 0.6) is 0 Å². The number of nitrogens with one attached hydrogen (secondary N) is 1. The van der Waals surface area contributed by atoms with Crippen LogP contribution in [0.15, 0.2) is 70.5 Å². The number of pyridine rings is 1. The molecule has 0 aliphatic rings. The van der Waals surface area contributed by atoms with Gasteiger partial charge in [0, 0.05) is 22.0 Å². The van der Waals surface area contributed by atoms with Crippen LogP contribution in [0.3, 0.4) is 0 Å². The second-order valence-electron chi connectivity index (χ2n) is 6.31. The van der Waals surface area contributed by atoms with Gasteiger partial charge in [-0.2, -0.15) is 0 Å². The fourth-order valence-electron chi connectivity index (χ4n) is 2.65. The number of benzene rings is 2. The Bertz CT molecular complexity index is 921. The molecule has 4 nitrogen and oxygen atoms in total. The number of hydrogen-bond acceptors (Lipinski definition) is 4. The SMILES string of the molecule is CCc1ccc(Sc2ccc(CNC(=O)c3ccc(C)nc3N)cc2)cc1. The minimum Gasteiger partial charge on any atom is -0.383 e. The maximum absolute atomic E-state index is 12.3. The van der Waals surface area contributed by atoms with Crippen molar-refractivity contribution in [2.75, 3.05) is 5.73 Å². The van der Waals surface area contributed by atoms with Crippen LogP contribution < -0.4 is 11.1 Å². The summed E-state index contributed by atoms with van der Waals surface area (Å²) < 4.78 is 0. The highest BCUT2D eigenvalue weighted by Gasteiger charge is 2.10. The standard InChI is InChI=1S/C22H23N3OS/c1-3-16-5-9-18(10-6-16)27-19-11-7-17(8-12-19)14-24-22(26)20-13-4-15(2)25-21(20)23/h4-13H,3,14H2,1-2H3,(H2,23,25)(H,24,26). The molecule has 0 atom stereocenters. The molecule has 1 heterocycles. The Hall–Kier alpha value is -2.79. The lowest BCUT2D eigenvalue weighted by Crippen LogP contribution is -2.24. The third kappa shape index (κ3) is 5.11. The van der Waals surface area contributed by atoms with E-state index in [2.05, 4.69) is 53.6 Å². The second-order valence-corrected chi connectivity index (χ2v) is 7.46. The molecule has 27 heavy (non-hydrogen) atoms. The molecule has 1 amide bonds. The Morgan fingerprint density at radius 1 is 0.963 bits per heavy atom. The van der Waals surface area contributed by atoms with Crippen LogP contribution in [0.2, 0.25) is 0 Å². The highest BCUT2D eigenvalue weighted by Crippen LogP contribution is 2.28. The highest BCUT2D eigenvalue weighted by atomic mass is 32.2. The van der Waals surface area contributed by atoms with E-state index in [-0.39, 0.29) is 11.7 Å². The predicted molar refractivity (Wildman–Crippen MR) is 111 cm³/mol. The number of rotatable bonds is 6. The topological polar surface area (TPSA) is 68.0 Å². The fourth-order valence-corrected chi connectivity index (χ4v) is 3.47. The Balaban J connectivity index is 1.57. The maximum Gasteiger partial charge on any atom is 0.255 e. The Kier molecular flexibility index (Phi) is 6.14. The first-order valence-corrected chi connectivity index (χ1v) is 9.74. The molecule has 0 saturated heterocycles. The number of aryl methyl sites for hydroxylation is 2. The van der Waals surface area contributed by atoms with Crippen LogP contribution in [0, 0.1) is 6.92 Å². The lowest BCUT2D eigenvalue weighted by molar-refractivity contribution is 0.0951. The predicted octanol–water partition coefficient (Wildman–Crippen LogP) is 4.62. The smallest absolute Gasteiger partial charge is 0.255 e. The number of carbonyl (C=O) groups is 1. The number of nitrogen functional groups attached to an aromatic ring is 1. The van der Waals surface area contributed by atoms with Crippen LogP contribution in [-0.4, -0.2) is 10.9 Å². The van der Waals surface area contributed by atoms with Gasteiger partial charge in [-0.15, -0.1) is 0 Å². The van der Waals surface area contributed by atoms with Crippen molar-refractivity contribution in [3.63, 3.8) is 0 Å². The van der Waals surface area contributed by atoms with E-state index in [9.17, 15) is 4.79 Å². The number of nitrogens with two attached hydrogens (primary N) is 1. The summed E-state index contributed by atoms with van der Waals surface area (Å²) in [6.07, 6.45) is 1.05. The monoisotopic (exact) mass is 377 g/mol. The molecule has 0 aliphatic carbocycles. The lowest BCUT2D eigenvalue weighted by atomic mass is 10.2. The molecule has 3 rings (SSSR count). The number of amides is 1. The lowest BCUT2D eigenvalue weighted by Gasteiger charge is -2.08. The van der Waals surface area contributed by atoms with Crippen LogP contribution in [0.25, 0.3) is 0 Å². The summed E-state index contributed by atoms with van der Waals surface area (Å²) in [5, 5.41) is 2.89. The molecule has 0 radical (unpaired) electrons. The van der Waals surface area contributed by atoms with Crippen molar-refractivity contribution in [1.82, 2.24) is 10.3 Å². The van der Waals surface area contributed by atoms with E-state index < -0.39 is 0 Å². The first-order chi connectivity index (χ1) is 13.0. The zero-order valence-corrected chi connectivity index (χ0v) is 16.3. The van der Waals surface area contributed by atoms with Crippen LogP contribution in [0.4, 0.5) is 5.82 Å². The molecule has 0 aliphatic heterocycles. The van der Waals surface area contributed by atoms with Gasteiger partial charge in [-0.3, -0.25) is 4.79 Å². The van der Waals surface area contributed by atoms with Crippen molar-refractivity contribution in [2.45, 2.75) is 36.6 Å². The minimum atomic E-state index is -0.213. The van der Waals surface area contributed by atoms with Gasteiger partial charge < -0.3 is 11.1 Å². The van der Waals surface area contributed by atoms with E-state index in [0.717, 1.165) is 17.7 Å². The number of carbonyl (C=O) groups excluding carboxylic acids is 1. The summed E-state index contributed by atoms with van der Waals surface area (Å²) in [5.41, 5.74) is 9.40. The molecule has 0 fully saturated rings. The van der Waals surface area contributed by atoms with Crippen molar-refractivity contribution in [2.24, 2.45) is 0 Å². The van der Waals surface area contributed by atoms with E-state index >= 15 is 0 Å². The molecule has 2 aromatic carbocycles. The molecule has 0 unspecified atom stereocenters. The van der Waals surface area contributed by atoms with Crippen molar-refractivity contribution in [3.05, 3.63) is 83.0 Å². The molecule has 138 valence electrons. The van der Waals surface area contributed by atoms with Crippen molar-refractivity contribution in [1.29, 1.82) is 0 Å². The van der Waals surface area contributed by atoms with Crippen LogP contribution in [-0.2, 0) is 13.0 Å². The average molecular weight is 378 g/mol. The molecule has 0 bridgehead atoms. The van der Waals surface area contributed by atoms with Crippen molar-refractivity contribution >= 4 is 23.5 Å². The maximum atomic E-state index is 12.3. The average Bonchev–Trinajstić information content (AvgIpc) is 2.68. The normalized spacial score (nSPS) is 10.6. The largest absolute Gasteiger partial charge is 0.383 e. The quantitative estimate of drug-likeness (QED) is 0.658. The minimum absolute atomic E-state index is 0.213. The Labute approximate surface area is 164 Å².